The SMILES string of the molecule is CC1(C)C(=O)N(c2cccc(Cl)c2Cl)C(=O)N1Cc1ccccc1Oc1ccccc1. The van der Waals surface area contributed by atoms with Crippen LogP contribution in [0.5, 0.6) is 11.5 Å². The van der Waals surface area contributed by atoms with Gasteiger partial charge < -0.3 is 9.64 Å². The van der Waals surface area contributed by atoms with Gasteiger partial charge in [-0.15, -0.1) is 0 Å². The van der Waals surface area contributed by atoms with E-state index in [2.05, 4.69) is 0 Å². The van der Waals surface area contributed by atoms with E-state index in [0.717, 1.165) is 10.5 Å². The predicted octanol–water partition coefficient (Wildman–Crippen LogP) is 6.53. The van der Waals surface area contributed by atoms with Crippen LogP contribution in [0.3, 0.4) is 0 Å². The summed E-state index contributed by atoms with van der Waals surface area (Å²) in [4.78, 5) is 29.2. The van der Waals surface area contributed by atoms with E-state index in [1.807, 2.05) is 54.6 Å². The Kier molecular flexibility index (Phi) is 5.65. The molecule has 3 aromatic carbocycles. The van der Waals surface area contributed by atoms with E-state index in [0.29, 0.717) is 11.5 Å². The van der Waals surface area contributed by atoms with Crippen LogP contribution in [0.15, 0.2) is 72.8 Å². The molecular weight excluding hydrogens is 435 g/mol. The first-order chi connectivity index (χ1) is 14.8. The van der Waals surface area contributed by atoms with Crippen molar-refractivity contribution in [3.63, 3.8) is 0 Å². The van der Waals surface area contributed by atoms with Crippen molar-refractivity contribution in [1.29, 1.82) is 0 Å². The largest absolute Gasteiger partial charge is 0.457 e. The molecule has 4 rings (SSSR count). The van der Waals surface area contributed by atoms with Crippen molar-refractivity contribution in [1.82, 2.24) is 4.90 Å². The van der Waals surface area contributed by atoms with E-state index in [1.54, 1.807) is 32.0 Å². The highest BCUT2D eigenvalue weighted by molar-refractivity contribution is 6.45. The number of imide groups is 1. The Morgan fingerprint density at radius 3 is 2.29 bits per heavy atom. The molecule has 3 aromatic rings. The molecule has 1 aliphatic heterocycles. The number of nitrogens with zero attached hydrogens (tertiary/aromatic N) is 2. The van der Waals surface area contributed by atoms with Gasteiger partial charge in [-0.05, 0) is 44.2 Å². The normalized spacial score (nSPS) is 15.5. The predicted molar refractivity (Wildman–Crippen MR) is 122 cm³/mol. The van der Waals surface area contributed by atoms with Crippen LogP contribution in [0.2, 0.25) is 10.0 Å². The molecule has 0 aromatic heterocycles. The highest BCUT2D eigenvalue weighted by Gasteiger charge is 2.52. The second-order valence-corrected chi connectivity index (χ2v) is 8.45. The molecule has 3 amide bonds. The highest BCUT2D eigenvalue weighted by Crippen LogP contribution is 2.40. The number of carbonyl (C=O) groups is 2. The van der Waals surface area contributed by atoms with Crippen LogP contribution in [0, 0.1) is 0 Å². The maximum Gasteiger partial charge on any atom is 0.332 e. The van der Waals surface area contributed by atoms with E-state index >= 15 is 0 Å². The minimum Gasteiger partial charge on any atom is -0.457 e. The van der Waals surface area contributed by atoms with Gasteiger partial charge in [-0.2, -0.15) is 0 Å². The van der Waals surface area contributed by atoms with Gasteiger partial charge >= 0.3 is 6.03 Å². The number of urea groups is 1. The van der Waals surface area contributed by atoms with Gasteiger partial charge in [0.05, 0.1) is 22.3 Å². The molecule has 0 aliphatic carbocycles. The number of hydrogen-bond acceptors (Lipinski definition) is 3. The highest BCUT2D eigenvalue weighted by atomic mass is 35.5. The number of anilines is 1. The molecule has 158 valence electrons. The zero-order valence-electron chi connectivity index (χ0n) is 17.0. The maximum atomic E-state index is 13.4. The Hall–Kier alpha value is -3.02. The van der Waals surface area contributed by atoms with Crippen molar-refractivity contribution in [2.24, 2.45) is 0 Å². The molecule has 0 saturated carbocycles. The Balaban J connectivity index is 1.67. The van der Waals surface area contributed by atoms with Gasteiger partial charge in [-0.3, -0.25) is 4.79 Å². The molecule has 0 radical (unpaired) electrons. The first kappa shape index (κ1) is 21.2. The topological polar surface area (TPSA) is 49.9 Å². The van der Waals surface area contributed by atoms with Crippen LogP contribution >= 0.6 is 23.2 Å². The fourth-order valence-electron chi connectivity index (χ4n) is 3.50. The molecule has 1 aliphatic rings. The van der Waals surface area contributed by atoms with Crippen molar-refractivity contribution in [3.8, 4) is 11.5 Å². The molecule has 0 atom stereocenters. The zero-order valence-corrected chi connectivity index (χ0v) is 18.5. The van der Waals surface area contributed by atoms with Crippen molar-refractivity contribution >= 4 is 40.8 Å². The first-order valence-electron chi connectivity index (χ1n) is 9.71. The first-order valence-corrected chi connectivity index (χ1v) is 10.5. The number of halogens is 2. The number of amides is 3. The number of carbonyl (C=O) groups excluding carboxylic acids is 2. The minimum absolute atomic E-state index is 0.163. The minimum atomic E-state index is -1.08. The lowest BCUT2D eigenvalue weighted by atomic mass is 10.0. The molecule has 5 nitrogen and oxygen atoms in total. The van der Waals surface area contributed by atoms with Crippen LogP contribution < -0.4 is 9.64 Å². The molecule has 31 heavy (non-hydrogen) atoms. The molecule has 0 spiro atoms. The molecule has 1 fully saturated rings. The maximum absolute atomic E-state index is 13.4. The fourth-order valence-corrected chi connectivity index (χ4v) is 3.88. The number of rotatable bonds is 5. The second kappa shape index (κ2) is 8.25. The lowest BCUT2D eigenvalue weighted by molar-refractivity contribution is -0.123. The van der Waals surface area contributed by atoms with Crippen molar-refractivity contribution in [2.75, 3.05) is 4.90 Å². The van der Waals surface area contributed by atoms with E-state index in [1.165, 1.54) is 4.90 Å². The van der Waals surface area contributed by atoms with Crippen molar-refractivity contribution in [2.45, 2.75) is 25.9 Å². The van der Waals surface area contributed by atoms with Gasteiger partial charge in [-0.25, -0.2) is 9.69 Å². The van der Waals surface area contributed by atoms with E-state index < -0.39 is 11.6 Å². The van der Waals surface area contributed by atoms with Gasteiger partial charge in [0.25, 0.3) is 5.91 Å². The molecule has 0 bridgehead atoms. The molecule has 1 saturated heterocycles. The summed E-state index contributed by atoms with van der Waals surface area (Å²) < 4.78 is 6.02. The smallest absolute Gasteiger partial charge is 0.332 e. The standard InChI is InChI=1S/C24H20Cl2N2O3/c1-24(2)22(29)28(19-13-8-12-18(25)21(19)26)23(30)27(24)15-16-9-6-7-14-20(16)31-17-10-4-3-5-11-17/h3-14H,15H2,1-2H3. The summed E-state index contributed by atoms with van der Waals surface area (Å²) in [6, 6.07) is 21.2. The fraction of sp³-hybridized carbons (Fsp3) is 0.167. The van der Waals surface area contributed by atoms with Crippen LogP contribution in [-0.4, -0.2) is 22.4 Å². The van der Waals surface area contributed by atoms with Gasteiger partial charge in [0.15, 0.2) is 0 Å². The van der Waals surface area contributed by atoms with E-state index in [-0.39, 0.29) is 28.2 Å². The lowest BCUT2D eigenvalue weighted by Crippen LogP contribution is -2.43. The third-order valence-electron chi connectivity index (χ3n) is 5.27. The number of para-hydroxylation sites is 2. The van der Waals surface area contributed by atoms with Crippen molar-refractivity contribution in [3.05, 3.63) is 88.4 Å². The zero-order chi connectivity index (χ0) is 22.2. The van der Waals surface area contributed by atoms with Crippen LogP contribution in [0.1, 0.15) is 19.4 Å². The Morgan fingerprint density at radius 1 is 0.871 bits per heavy atom. The Morgan fingerprint density at radius 2 is 1.55 bits per heavy atom. The second-order valence-electron chi connectivity index (χ2n) is 7.66. The molecular formula is C24H20Cl2N2O3. The monoisotopic (exact) mass is 454 g/mol. The number of hydrogen-bond donors (Lipinski definition) is 0. The summed E-state index contributed by atoms with van der Waals surface area (Å²) in [7, 11) is 0. The summed E-state index contributed by atoms with van der Waals surface area (Å²) >= 11 is 12.4. The van der Waals surface area contributed by atoms with Crippen LogP contribution in [-0.2, 0) is 11.3 Å². The summed E-state index contributed by atoms with van der Waals surface area (Å²) in [5, 5.41) is 0.439. The summed E-state index contributed by atoms with van der Waals surface area (Å²) in [5.41, 5.74) is -0.0315. The molecule has 0 N–H and O–H groups in total. The quantitative estimate of drug-likeness (QED) is 0.411. The summed E-state index contributed by atoms with van der Waals surface area (Å²) in [6.45, 7) is 3.62. The third-order valence-corrected chi connectivity index (χ3v) is 6.08. The van der Waals surface area contributed by atoms with Gasteiger partial charge in [0, 0.05) is 5.56 Å². The van der Waals surface area contributed by atoms with Crippen LogP contribution in [0.4, 0.5) is 10.5 Å². The third kappa shape index (κ3) is 3.87. The van der Waals surface area contributed by atoms with E-state index in [9.17, 15) is 9.59 Å². The van der Waals surface area contributed by atoms with Gasteiger partial charge in [0.2, 0.25) is 0 Å². The molecule has 1 heterocycles. The summed E-state index contributed by atoms with van der Waals surface area (Å²) in [6.07, 6.45) is 0. The lowest BCUT2D eigenvalue weighted by Gasteiger charge is -2.28. The number of benzene rings is 3. The molecule has 7 heteroatoms. The average molecular weight is 455 g/mol. The van der Waals surface area contributed by atoms with E-state index in [4.69, 9.17) is 27.9 Å². The van der Waals surface area contributed by atoms with Gasteiger partial charge in [-0.1, -0.05) is 65.7 Å². The molecule has 0 unspecified atom stereocenters. The summed E-state index contributed by atoms with van der Waals surface area (Å²) in [5.74, 6) is 0.928. The number of ether oxygens (including phenoxy) is 1. The van der Waals surface area contributed by atoms with Crippen LogP contribution in [0.25, 0.3) is 0 Å². The van der Waals surface area contributed by atoms with Crippen molar-refractivity contribution < 1.29 is 14.3 Å². The Bertz CT molecular complexity index is 1150. The average Bonchev–Trinajstić information content (AvgIpc) is 2.92. The van der Waals surface area contributed by atoms with Gasteiger partial charge in [0.1, 0.15) is 17.0 Å². The Labute approximate surface area is 190 Å².